The molecule has 0 spiro atoms. The fraction of sp³-hybridized carbons (Fsp3) is 0.500. The SMILES string of the molecule is CCN(CC)c1ccc(NS(C)(=O)=O)cn1. The molecule has 0 aliphatic rings. The number of sulfonamides is 1. The van der Waals surface area contributed by atoms with Crippen LogP contribution in [0.15, 0.2) is 18.3 Å². The first-order valence-electron chi connectivity index (χ1n) is 5.15. The van der Waals surface area contributed by atoms with Crippen LogP contribution in [0.2, 0.25) is 0 Å². The van der Waals surface area contributed by atoms with Gasteiger partial charge in [-0.2, -0.15) is 0 Å². The standard InChI is InChI=1S/C10H17N3O2S/c1-4-13(5-2)10-7-6-9(8-11-10)12-16(3,14)15/h6-8,12H,4-5H2,1-3H3. The summed E-state index contributed by atoms with van der Waals surface area (Å²) in [5.41, 5.74) is 0.485. The van der Waals surface area contributed by atoms with Gasteiger partial charge in [-0.05, 0) is 26.0 Å². The zero-order valence-corrected chi connectivity index (χ0v) is 10.6. The first-order chi connectivity index (χ1) is 7.46. The lowest BCUT2D eigenvalue weighted by Gasteiger charge is -2.19. The summed E-state index contributed by atoms with van der Waals surface area (Å²) in [6.07, 6.45) is 2.64. The number of hydrogen-bond acceptors (Lipinski definition) is 4. The van der Waals surface area contributed by atoms with Gasteiger partial charge >= 0.3 is 0 Å². The van der Waals surface area contributed by atoms with Crippen LogP contribution in [-0.4, -0.2) is 32.7 Å². The summed E-state index contributed by atoms with van der Waals surface area (Å²) in [7, 11) is -3.23. The number of aromatic nitrogens is 1. The molecule has 0 aliphatic carbocycles. The maximum atomic E-state index is 11.0. The van der Waals surface area contributed by atoms with Crippen LogP contribution in [0.5, 0.6) is 0 Å². The molecule has 5 nitrogen and oxygen atoms in total. The second-order valence-corrected chi connectivity index (χ2v) is 5.20. The van der Waals surface area contributed by atoms with Gasteiger partial charge in [-0.25, -0.2) is 13.4 Å². The van der Waals surface area contributed by atoms with E-state index < -0.39 is 10.0 Å². The molecule has 1 aromatic heterocycles. The van der Waals surface area contributed by atoms with Gasteiger partial charge in [0.2, 0.25) is 10.0 Å². The van der Waals surface area contributed by atoms with Crippen LogP contribution in [0.3, 0.4) is 0 Å². The highest BCUT2D eigenvalue weighted by atomic mass is 32.2. The minimum Gasteiger partial charge on any atom is -0.357 e. The highest BCUT2D eigenvalue weighted by molar-refractivity contribution is 7.92. The molecule has 1 rings (SSSR count). The van der Waals surface area contributed by atoms with Crippen LogP contribution < -0.4 is 9.62 Å². The molecule has 1 heterocycles. The Hall–Kier alpha value is -1.30. The van der Waals surface area contributed by atoms with Crippen molar-refractivity contribution >= 4 is 21.5 Å². The molecule has 1 N–H and O–H groups in total. The van der Waals surface area contributed by atoms with E-state index in [4.69, 9.17) is 0 Å². The summed E-state index contributed by atoms with van der Waals surface area (Å²) in [6, 6.07) is 3.52. The zero-order chi connectivity index (χ0) is 12.2. The van der Waals surface area contributed by atoms with Crippen molar-refractivity contribution in [1.82, 2.24) is 4.98 Å². The lowest BCUT2D eigenvalue weighted by atomic mass is 10.4. The van der Waals surface area contributed by atoms with Crippen molar-refractivity contribution in [2.75, 3.05) is 29.0 Å². The highest BCUT2D eigenvalue weighted by Crippen LogP contribution is 2.14. The average molecular weight is 243 g/mol. The van der Waals surface area contributed by atoms with E-state index in [0.717, 1.165) is 25.2 Å². The molecular formula is C10H17N3O2S. The molecule has 0 bridgehead atoms. The molecule has 0 aromatic carbocycles. The topological polar surface area (TPSA) is 62.3 Å². The Kier molecular flexibility index (Phi) is 4.12. The third-order valence-corrected chi connectivity index (χ3v) is 2.75. The Morgan fingerprint density at radius 3 is 2.31 bits per heavy atom. The number of nitrogens with one attached hydrogen (secondary N) is 1. The van der Waals surface area contributed by atoms with E-state index in [0.29, 0.717) is 5.69 Å². The molecule has 6 heteroatoms. The zero-order valence-electron chi connectivity index (χ0n) is 9.77. The predicted octanol–water partition coefficient (Wildman–Crippen LogP) is 1.30. The third kappa shape index (κ3) is 3.69. The van der Waals surface area contributed by atoms with Crippen LogP contribution in [0.4, 0.5) is 11.5 Å². The van der Waals surface area contributed by atoms with Crippen LogP contribution in [0.25, 0.3) is 0 Å². The van der Waals surface area contributed by atoms with Crippen LogP contribution >= 0.6 is 0 Å². The van der Waals surface area contributed by atoms with Gasteiger partial charge in [0.05, 0.1) is 18.1 Å². The molecule has 90 valence electrons. The smallest absolute Gasteiger partial charge is 0.229 e. The molecule has 1 aromatic rings. The van der Waals surface area contributed by atoms with Crippen LogP contribution in [-0.2, 0) is 10.0 Å². The molecule has 0 amide bonds. The molecule has 0 aliphatic heterocycles. The lowest BCUT2D eigenvalue weighted by molar-refractivity contribution is 0.607. The van der Waals surface area contributed by atoms with E-state index in [-0.39, 0.29) is 0 Å². The molecule has 0 saturated heterocycles. The monoisotopic (exact) mass is 243 g/mol. The van der Waals surface area contributed by atoms with Gasteiger partial charge in [0.25, 0.3) is 0 Å². The first kappa shape index (κ1) is 12.8. The second kappa shape index (κ2) is 5.16. The van der Waals surface area contributed by atoms with Gasteiger partial charge in [0.1, 0.15) is 5.82 Å². The van der Waals surface area contributed by atoms with Crippen molar-refractivity contribution < 1.29 is 8.42 Å². The fourth-order valence-electron chi connectivity index (χ4n) is 1.40. The second-order valence-electron chi connectivity index (χ2n) is 3.45. The summed E-state index contributed by atoms with van der Waals surface area (Å²) in [5, 5.41) is 0. The summed E-state index contributed by atoms with van der Waals surface area (Å²) < 4.78 is 24.3. The Morgan fingerprint density at radius 2 is 1.94 bits per heavy atom. The molecule has 0 atom stereocenters. The number of anilines is 2. The van der Waals surface area contributed by atoms with Gasteiger partial charge in [-0.3, -0.25) is 4.72 Å². The summed E-state index contributed by atoms with van der Waals surface area (Å²) in [4.78, 5) is 6.29. The van der Waals surface area contributed by atoms with Crippen molar-refractivity contribution in [3.05, 3.63) is 18.3 Å². The number of nitrogens with zero attached hydrogens (tertiary/aromatic N) is 2. The number of rotatable bonds is 5. The lowest BCUT2D eigenvalue weighted by Crippen LogP contribution is -2.22. The first-order valence-corrected chi connectivity index (χ1v) is 7.04. The maximum Gasteiger partial charge on any atom is 0.229 e. The van der Waals surface area contributed by atoms with Crippen molar-refractivity contribution in [2.45, 2.75) is 13.8 Å². The number of pyridine rings is 1. The van der Waals surface area contributed by atoms with E-state index in [9.17, 15) is 8.42 Å². The van der Waals surface area contributed by atoms with Crippen molar-refractivity contribution in [3.8, 4) is 0 Å². The third-order valence-electron chi connectivity index (χ3n) is 2.14. The summed E-state index contributed by atoms with van der Waals surface area (Å²) in [6.45, 7) is 5.85. The van der Waals surface area contributed by atoms with E-state index in [1.165, 1.54) is 6.20 Å². The van der Waals surface area contributed by atoms with Gasteiger partial charge in [-0.15, -0.1) is 0 Å². The normalized spacial score (nSPS) is 11.2. The Balaban J connectivity index is 2.82. The minimum atomic E-state index is -3.23. The predicted molar refractivity (Wildman–Crippen MR) is 66.3 cm³/mol. The molecule has 0 radical (unpaired) electrons. The molecule has 16 heavy (non-hydrogen) atoms. The van der Waals surface area contributed by atoms with Gasteiger partial charge < -0.3 is 4.90 Å². The van der Waals surface area contributed by atoms with Gasteiger partial charge in [0.15, 0.2) is 0 Å². The van der Waals surface area contributed by atoms with E-state index in [1.54, 1.807) is 12.1 Å². The Labute approximate surface area is 96.5 Å². The highest BCUT2D eigenvalue weighted by Gasteiger charge is 2.05. The molecular weight excluding hydrogens is 226 g/mol. The van der Waals surface area contributed by atoms with Crippen LogP contribution in [0.1, 0.15) is 13.8 Å². The number of hydrogen-bond donors (Lipinski definition) is 1. The van der Waals surface area contributed by atoms with Crippen molar-refractivity contribution in [1.29, 1.82) is 0 Å². The minimum absolute atomic E-state index is 0.485. The van der Waals surface area contributed by atoms with E-state index >= 15 is 0 Å². The Morgan fingerprint density at radius 1 is 1.31 bits per heavy atom. The van der Waals surface area contributed by atoms with E-state index in [2.05, 4.69) is 14.6 Å². The van der Waals surface area contributed by atoms with Crippen LogP contribution in [0, 0.1) is 0 Å². The average Bonchev–Trinajstić information content (AvgIpc) is 2.20. The molecule has 0 saturated carbocycles. The molecule has 0 fully saturated rings. The summed E-state index contributed by atoms with van der Waals surface area (Å²) >= 11 is 0. The van der Waals surface area contributed by atoms with Crippen molar-refractivity contribution in [2.24, 2.45) is 0 Å². The van der Waals surface area contributed by atoms with Gasteiger partial charge in [-0.1, -0.05) is 0 Å². The van der Waals surface area contributed by atoms with Gasteiger partial charge in [0, 0.05) is 13.1 Å². The Bertz CT molecular complexity index is 424. The molecule has 0 unspecified atom stereocenters. The quantitative estimate of drug-likeness (QED) is 0.846. The van der Waals surface area contributed by atoms with E-state index in [1.807, 2.05) is 13.8 Å². The maximum absolute atomic E-state index is 11.0. The largest absolute Gasteiger partial charge is 0.357 e. The summed E-state index contributed by atoms with van der Waals surface area (Å²) in [5.74, 6) is 0.851. The fourth-order valence-corrected chi connectivity index (χ4v) is 1.94. The van der Waals surface area contributed by atoms with Crippen molar-refractivity contribution in [3.63, 3.8) is 0 Å².